The molecule has 0 aliphatic carbocycles. The van der Waals surface area contributed by atoms with Crippen molar-refractivity contribution in [2.75, 3.05) is 12.9 Å². The average Bonchev–Trinajstić information content (AvgIpc) is 1.76. The van der Waals surface area contributed by atoms with E-state index >= 15 is 0 Å². The average molecular weight is 211 g/mol. The fraction of sp³-hybridized carbons (Fsp3) is 1.00. The Morgan fingerprint density at radius 1 is 1.33 bits per heavy atom. The molecule has 0 aromatic rings. The summed E-state index contributed by atoms with van der Waals surface area (Å²) in [5, 5.41) is 0. The molecule has 0 aliphatic rings. The van der Waals surface area contributed by atoms with E-state index in [0.29, 0.717) is 6.61 Å². The van der Waals surface area contributed by atoms with Crippen LogP contribution in [0.25, 0.3) is 0 Å². The van der Waals surface area contributed by atoms with E-state index in [1.165, 1.54) is 0 Å². The van der Waals surface area contributed by atoms with Gasteiger partial charge in [0.25, 0.3) is 0 Å². The SMILES string of the molecule is C[Si](C)(C)CCONS(C)(=O)=O. The lowest BCUT2D eigenvalue weighted by Crippen LogP contribution is -2.27. The Hall–Kier alpha value is 0.0869. The Morgan fingerprint density at radius 3 is 2.17 bits per heavy atom. The third kappa shape index (κ3) is 10.1. The van der Waals surface area contributed by atoms with Gasteiger partial charge in [-0.25, -0.2) is 8.42 Å². The first-order valence-electron chi connectivity index (χ1n) is 3.79. The van der Waals surface area contributed by atoms with Gasteiger partial charge in [-0.15, -0.1) is 0 Å². The fourth-order valence-electron chi connectivity index (χ4n) is 0.506. The van der Waals surface area contributed by atoms with Gasteiger partial charge in [0, 0.05) is 8.07 Å². The lowest BCUT2D eigenvalue weighted by molar-refractivity contribution is 0.105. The van der Waals surface area contributed by atoms with Crippen LogP contribution in [0.1, 0.15) is 0 Å². The Kier molecular flexibility index (Phi) is 4.39. The summed E-state index contributed by atoms with van der Waals surface area (Å²) in [6.45, 7) is 7.08. The topological polar surface area (TPSA) is 55.4 Å². The highest BCUT2D eigenvalue weighted by molar-refractivity contribution is 7.88. The van der Waals surface area contributed by atoms with Crippen LogP contribution in [0.3, 0.4) is 0 Å². The van der Waals surface area contributed by atoms with Crippen molar-refractivity contribution in [3.05, 3.63) is 0 Å². The Labute approximate surface area is 75.3 Å². The van der Waals surface area contributed by atoms with E-state index < -0.39 is 18.1 Å². The molecule has 0 atom stereocenters. The van der Waals surface area contributed by atoms with Crippen LogP contribution in [-0.2, 0) is 14.9 Å². The van der Waals surface area contributed by atoms with Crippen molar-refractivity contribution >= 4 is 18.1 Å². The molecule has 0 saturated carbocycles. The number of nitrogens with one attached hydrogen (secondary N) is 1. The largest absolute Gasteiger partial charge is 0.287 e. The second-order valence-electron chi connectivity index (χ2n) is 4.01. The third-order valence-electron chi connectivity index (χ3n) is 1.16. The van der Waals surface area contributed by atoms with Gasteiger partial charge >= 0.3 is 0 Å². The van der Waals surface area contributed by atoms with Gasteiger partial charge in [-0.05, 0) is 6.04 Å². The van der Waals surface area contributed by atoms with Crippen LogP contribution in [0, 0.1) is 0 Å². The molecule has 0 unspecified atom stereocenters. The molecule has 0 aliphatic heterocycles. The first kappa shape index (κ1) is 12.1. The van der Waals surface area contributed by atoms with Crippen LogP contribution in [-0.4, -0.2) is 29.4 Å². The van der Waals surface area contributed by atoms with Crippen LogP contribution in [0.5, 0.6) is 0 Å². The smallest absolute Gasteiger partial charge is 0.230 e. The minimum absolute atomic E-state index is 0.461. The standard InChI is InChI=1S/C6H17NO3SSi/c1-11(8,9)7-10-5-6-12(2,3)4/h7H,5-6H2,1-4H3. The molecule has 0 spiro atoms. The molecule has 0 amide bonds. The van der Waals surface area contributed by atoms with Gasteiger partial charge < -0.3 is 0 Å². The summed E-state index contributed by atoms with van der Waals surface area (Å²) in [7, 11) is -4.31. The van der Waals surface area contributed by atoms with Crippen molar-refractivity contribution < 1.29 is 13.3 Å². The van der Waals surface area contributed by atoms with Gasteiger partial charge in [-0.1, -0.05) is 24.5 Å². The van der Waals surface area contributed by atoms with Crippen molar-refractivity contribution in [2.24, 2.45) is 0 Å². The molecular weight excluding hydrogens is 194 g/mol. The van der Waals surface area contributed by atoms with Crippen molar-refractivity contribution in [1.82, 2.24) is 4.89 Å². The summed E-state index contributed by atoms with van der Waals surface area (Å²) >= 11 is 0. The Bertz CT molecular complexity index is 219. The maximum Gasteiger partial charge on any atom is 0.230 e. The number of hydrogen-bond acceptors (Lipinski definition) is 3. The van der Waals surface area contributed by atoms with E-state index in [0.717, 1.165) is 12.3 Å². The summed E-state index contributed by atoms with van der Waals surface area (Å²) < 4.78 is 21.1. The molecule has 0 aromatic heterocycles. The Balaban J connectivity index is 3.48. The molecular formula is C6H17NO3SSi. The molecule has 4 nitrogen and oxygen atoms in total. The van der Waals surface area contributed by atoms with Crippen molar-refractivity contribution in [3.8, 4) is 0 Å². The second kappa shape index (κ2) is 4.36. The van der Waals surface area contributed by atoms with Crippen molar-refractivity contribution in [3.63, 3.8) is 0 Å². The summed E-state index contributed by atoms with van der Waals surface area (Å²) in [6.07, 6.45) is 1.07. The van der Waals surface area contributed by atoms with Crippen molar-refractivity contribution in [1.29, 1.82) is 0 Å². The highest BCUT2D eigenvalue weighted by Gasteiger charge is 2.12. The normalized spacial score (nSPS) is 13.3. The molecule has 0 fully saturated rings. The van der Waals surface area contributed by atoms with Gasteiger partial charge in [0.1, 0.15) is 0 Å². The first-order valence-corrected chi connectivity index (χ1v) is 9.39. The molecule has 0 radical (unpaired) electrons. The minimum Gasteiger partial charge on any atom is -0.287 e. The van der Waals surface area contributed by atoms with Crippen LogP contribution < -0.4 is 4.89 Å². The lowest BCUT2D eigenvalue weighted by Gasteiger charge is -2.14. The van der Waals surface area contributed by atoms with Crippen LogP contribution >= 0.6 is 0 Å². The molecule has 0 aromatic carbocycles. The molecule has 6 heteroatoms. The molecule has 1 N–H and O–H groups in total. The minimum atomic E-state index is -3.20. The number of sulfonamides is 1. The maximum absolute atomic E-state index is 10.5. The van der Waals surface area contributed by atoms with Gasteiger partial charge in [-0.3, -0.25) is 4.84 Å². The fourth-order valence-corrected chi connectivity index (χ4v) is 1.52. The molecule has 12 heavy (non-hydrogen) atoms. The quantitative estimate of drug-likeness (QED) is 0.416. The second-order valence-corrected chi connectivity index (χ2v) is 11.3. The maximum atomic E-state index is 10.5. The molecule has 74 valence electrons. The molecule has 0 saturated heterocycles. The van der Waals surface area contributed by atoms with Crippen LogP contribution in [0.4, 0.5) is 0 Å². The first-order chi connectivity index (χ1) is 5.21. The van der Waals surface area contributed by atoms with Crippen molar-refractivity contribution in [2.45, 2.75) is 25.7 Å². The molecule has 0 heterocycles. The lowest BCUT2D eigenvalue weighted by atomic mass is 10.9. The number of rotatable bonds is 5. The zero-order valence-corrected chi connectivity index (χ0v) is 9.86. The van der Waals surface area contributed by atoms with E-state index in [4.69, 9.17) is 4.84 Å². The van der Waals surface area contributed by atoms with Crippen LogP contribution in [0.15, 0.2) is 0 Å². The van der Waals surface area contributed by atoms with E-state index in [1.807, 2.05) is 4.89 Å². The summed E-state index contributed by atoms with van der Waals surface area (Å²) in [6, 6.07) is 0.954. The van der Waals surface area contributed by atoms with E-state index in [-0.39, 0.29) is 0 Å². The van der Waals surface area contributed by atoms with E-state index in [1.54, 1.807) is 0 Å². The predicted octanol–water partition coefficient (Wildman–Crippen LogP) is 0.805. The molecule has 0 rings (SSSR count). The highest BCUT2D eigenvalue weighted by Crippen LogP contribution is 2.06. The zero-order chi connectivity index (χ0) is 9.83. The Morgan fingerprint density at radius 2 is 1.83 bits per heavy atom. The third-order valence-corrected chi connectivity index (χ3v) is 3.29. The predicted molar refractivity (Wildman–Crippen MR) is 52.1 cm³/mol. The summed E-state index contributed by atoms with van der Waals surface area (Å²) in [4.78, 5) is 6.76. The van der Waals surface area contributed by atoms with Gasteiger partial charge in [0.15, 0.2) is 0 Å². The summed E-state index contributed by atoms with van der Waals surface area (Å²) in [5.74, 6) is 0. The highest BCUT2D eigenvalue weighted by atomic mass is 32.2. The van der Waals surface area contributed by atoms with Crippen LogP contribution in [0.2, 0.25) is 25.7 Å². The monoisotopic (exact) mass is 211 g/mol. The summed E-state index contributed by atoms with van der Waals surface area (Å²) in [5.41, 5.74) is 0. The van der Waals surface area contributed by atoms with Gasteiger partial charge in [0.05, 0.1) is 12.9 Å². The number of hydrogen-bond donors (Lipinski definition) is 1. The molecule has 0 bridgehead atoms. The van der Waals surface area contributed by atoms with E-state index in [9.17, 15) is 8.42 Å². The van der Waals surface area contributed by atoms with Gasteiger partial charge in [-0.2, -0.15) is 0 Å². The zero-order valence-electron chi connectivity index (χ0n) is 8.05. The van der Waals surface area contributed by atoms with E-state index in [2.05, 4.69) is 19.6 Å². The van der Waals surface area contributed by atoms with Gasteiger partial charge in [0.2, 0.25) is 10.0 Å².